The average molecular weight is 465 g/mol. The Morgan fingerprint density at radius 1 is 1.18 bits per heavy atom. The Morgan fingerprint density at radius 2 is 1.85 bits per heavy atom. The minimum Gasteiger partial charge on any atom is -0.455 e. The van der Waals surface area contributed by atoms with Gasteiger partial charge < -0.3 is 29.9 Å². The Labute approximate surface area is 194 Å². The predicted octanol–water partition coefficient (Wildman–Crippen LogP) is 1.60. The maximum atomic E-state index is 14.0. The molecular weight excluding hydrogens is 428 g/mol. The van der Waals surface area contributed by atoms with Crippen molar-refractivity contribution >= 4 is 11.8 Å². The van der Waals surface area contributed by atoms with E-state index >= 15 is 0 Å². The Hall–Kier alpha value is -1.58. The Kier molecular flexibility index (Phi) is 5.94. The van der Waals surface area contributed by atoms with Crippen molar-refractivity contribution in [1.82, 2.24) is 0 Å². The molecule has 8 nitrogen and oxygen atoms in total. The molecule has 4 N–H and O–H groups in total. The Morgan fingerprint density at radius 3 is 2.45 bits per heavy atom. The molecule has 2 fully saturated rings. The van der Waals surface area contributed by atoms with Crippen LogP contribution in [0.5, 0.6) is 0 Å². The van der Waals surface area contributed by atoms with Gasteiger partial charge in [0.15, 0.2) is 23.3 Å². The summed E-state index contributed by atoms with van der Waals surface area (Å²) in [5.74, 6) is -5.53. The second-order valence-electron chi connectivity index (χ2n) is 10.8. The first-order valence-corrected chi connectivity index (χ1v) is 11.9. The highest BCUT2D eigenvalue weighted by Crippen LogP contribution is 2.62. The first kappa shape index (κ1) is 24.5. The minimum absolute atomic E-state index is 0.0614. The van der Waals surface area contributed by atoms with Crippen LogP contribution in [-0.2, 0) is 19.1 Å². The van der Waals surface area contributed by atoms with Gasteiger partial charge >= 0.3 is 5.97 Å². The summed E-state index contributed by atoms with van der Waals surface area (Å²) in [7, 11) is 0. The molecule has 184 valence electrons. The number of fused-ring (bicyclic) bond motifs is 2. The van der Waals surface area contributed by atoms with Gasteiger partial charge in [-0.3, -0.25) is 4.79 Å². The second-order valence-corrected chi connectivity index (χ2v) is 10.8. The fourth-order valence-corrected chi connectivity index (χ4v) is 6.85. The number of Topliss-reactive ketones (excluding diaryl/α,β-unsaturated/α-hetero) is 1. The summed E-state index contributed by atoms with van der Waals surface area (Å²) < 4.78 is 10.8. The fraction of sp³-hybridized carbons (Fsp3) is 0.760. The van der Waals surface area contributed by atoms with E-state index in [0.29, 0.717) is 19.3 Å². The van der Waals surface area contributed by atoms with E-state index in [1.807, 2.05) is 6.92 Å². The summed E-state index contributed by atoms with van der Waals surface area (Å²) in [4.78, 5) is 25.5. The van der Waals surface area contributed by atoms with Crippen LogP contribution >= 0.6 is 0 Å². The lowest BCUT2D eigenvalue weighted by molar-refractivity contribution is -0.408. The minimum atomic E-state index is -2.43. The Bertz CT molecular complexity index is 910. The standard InChI is InChI=1S/C25H36O8/c1-12-6-8-17-16(5)25(31)23(29,11-15(4)22(28)33-25)24(30,20(12)17)21(27)13(2)7-9-18-14(3)10-19(26)32-18/h10-13,16-18,20,22,28-31H,6-9H2,1-5H3/t12-,13+,16-,17-,18-,20+,22-,23-,24-,25-/m1/s1. The van der Waals surface area contributed by atoms with Gasteiger partial charge in [0, 0.05) is 23.8 Å². The topological polar surface area (TPSA) is 134 Å². The molecule has 0 spiro atoms. The molecule has 33 heavy (non-hydrogen) atoms. The number of rotatable bonds is 5. The van der Waals surface area contributed by atoms with Crippen molar-refractivity contribution in [1.29, 1.82) is 0 Å². The van der Waals surface area contributed by atoms with E-state index in [0.717, 1.165) is 12.0 Å². The lowest BCUT2D eigenvalue weighted by Gasteiger charge is -2.63. The monoisotopic (exact) mass is 464 g/mol. The molecular formula is C25H36O8. The second kappa shape index (κ2) is 7.99. The van der Waals surface area contributed by atoms with Crippen LogP contribution in [0.4, 0.5) is 0 Å². The van der Waals surface area contributed by atoms with Crippen molar-refractivity contribution in [3.8, 4) is 0 Å². The summed E-state index contributed by atoms with van der Waals surface area (Å²) >= 11 is 0. The highest BCUT2D eigenvalue weighted by molar-refractivity contribution is 5.92. The van der Waals surface area contributed by atoms with Crippen molar-refractivity contribution in [2.24, 2.45) is 29.6 Å². The number of hydrogen-bond acceptors (Lipinski definition) is 8. The molecule has 2 aliphatic heterocycles. The third-order valence-electron chi connectivity index (χ3n) is 8.81. The molecule has 0 aromatic heterocycles. The first-order valence-electron chi connectivity index (χ1n) is 11.9. The van der Waals surface area contributed by atoms with Gasteiger partial charge in [-0.05, 0) is 62.2 Å². The maximum Gasteiger partial charge on any atom is 0.331 e. The number of cyclic esters (lactones) is 1. The van der Waals surface area contributed by atoms with Crippen LogP contribution in [-0.4, -0.2) is 61.6 Å². The number of aliphatic hydroxyl groups is 4. The molecule has 0 saturated heterocycles. The highest BCUT2D eigenvalue weighted by Gasteiger charge is 2.78. The van der Waals surface area contributed by atoms with Crippen molar-refractivity contribution in [3.63, 3.8) is 0 Å². The predicted molar refractivity (Wildman–Crippen MR) is 117 cm³/mol. The van der Waals surface area contributed by atoms with Crippen molar-refractivity contribution in [2.75, 3.05) is 0 Å². The molecule has 0 aromatic rings. The van der Waals surface area contributed by atoms with Gasteiger partial charge in [-0.2, -0.15) is 0 Å². The van der Waals surface area contributed by atoms with Gasteiger partial charge in [0.1, 0.15) is 6.10 Å². The van der Waals surface area contributed by atoms with E-state index in [1.165, 1.54) is 19.1 Å². The van der Waals surface area contributed by atoms with E-state index in [1.54, 1.807) is 20.8 Å². The zero-order valence-corrected chi connectivity index (χ0v) is 19.9. The van der Waals surface area contributed by atoms with E-state index in [-0.39, 0.29) is 17.4 Å². The van der Waals surface area contributed by atoms with E-state index in [2.05, 4.69) is 0 Å². The SMILES string of the molecule is CC1=C[C@]2(O)[C@](O)(O[C@H]1O)[C@H](C)[C@H]1CC[C@@H](C)[C@@H]1[C@@]2(O)C(=O)[C@@H](C)CC[C@H]1OC(=O)C=C1C. The van der Waals surface area contributed by atoms with Crippen LogP contribution in [0.2, 0.25) is 0 Å². The summed E-state index contributed by atoms with van der Waals surface area (Å²) in [6.45, 7) is 8.69. The number of carbonyl (C=O) groups is 2. The quantitative estimate of drug-likeness (QED) is 0.356. The van der Waals surface area contributed by atoms with Crippen molar-refractivity contribution < 1.29 is 39.5 Å². The van der Waals surface area contributed by atoms with Gasteiger partial charge in [0.05, 0.1) is 0 Å². The van der Waals surface area contributed by atoms with Gasteiger partial charge in [0.2, 0.25) is 5.79 Å². The molecule has 4 rings (SSSR count). The largest absolute Gasteiger partial charge is 0.455 e. The number of ether oxygens (including phenoxy) is 2. The van der Waals surface area contributed by atoms with Gasteiger partial charge in [-0.25, -0.2) is 4.79 Å². The molecule has 0 amide bonds. The number of esters is 1. The summed E-state index contributed by atoms with van der Waals surface area (Å²) in [5.41, 5.74) is -3.73. The van der Waals surface area contributed by atoms with Crippen molar-refractivity contribution in [2.45, 2.75) is 89.7 Å². The summed E-state index contributed by atoms with van der Waals surface area (Å²) in [5, 5.41) is 46.1. The maximum absolute atomic E-state index is 14.0. The van der Waals surface area contributed by atoms with Crippen LogP contribution in [0.1, 0.15) is 60.3 Å². The van der Waals surface area contributed by atoms with Crippen LogP contribution in [0, 0.1) is 29.6 Å². The number of ketones is 1. The summed E-state index contributed by atoms with van der Waals surface area (Å²) in [6.07, 6.45) is 2.92. The zero-order chi connectivity index (χ0) is 24.5. The normalized spacial score (nSPS) is 47.8. The molecule has 0 bridgehead atoms. The molecule has 8 heteroatoms. The molecule has 0 unspecified atom stereocenters. The number of carbonyl (C=O) groups excluding carboxylic acids is 2. The Balaban J connectivity index is 1.72. The first-order chi connectivity index (χ1) is 15.3. The van der Waals surface area contributed by atoms with Crippen LogP contribution in [0.15, 0.2) is 23.3 Å². The van der Waals surface area contributed by atoms with E-state index < -0.39 is 58.9 Å². The lowest BCUT2D eigenvalue weighted by Crippen LogP contribution is -2.81. The third kappa shape index (κ3) is 3.29. The molecule has 2 heterocycles. The number of aliphatic hydroxyl groups excluding tert-OH is 1. The van der Waals surface area contributed by atoms with Crippen molar-refractivity contribution in [3.05, 3.63) is 23.3 Å². The molecule has 0 aromatic carbocycles. The van der Waals surface area contributed by atoms with Crippen LogP contribution in [0.25, 0.3) is 0 Å². The summed E-state index contributed by atoms with van der Waals surface area (Å²) in [6, 6.07) is 0. The van der Waals surface area contributed by atoms with E-state index in [4.69, 9.17) is 9.47 Å². The van der Waals surface area contributed by atoms with Crippen LogP contribution in [0.3, 0.4) is 0 Å². The average Bonchev–Trinajstić information content (AvgIpc) is 3.29. The molecule has 0 radical (unpaired) electrons. The number of hydrogen-bond donors (Lipinski definition) is 4. The molecule has 4 aliphatic rings. The third-order valence-corrected chi connectivity index (χ3v) is 8.81. The molecule has 2 saturated carbocycles. The molecule has 2 aliphatic carbocycles. The lowest BCUT2D eigenvalue weighted by atomic mass is 9.51. The van der Waals surface area contributed by atoms with E-state index in [9.17, 15) is 30.0 Å². The van der Waals surface area contributed by atoms with Crippen LogP contribution < -0.4 is 0 Å². The van der Waals surface area contributed by atoms with Gasteiger partial charge in [-0.1, -0.05) is 27.2 Å². The molecule has 10 atom stereocenters. The smallest absolute Gasteiger partial charge is 0.331 e. The zero-order valence-electron chi connectivity index (χ0n) is 19.9. The van der Waals surface area contributed by atoms with Gasteiger partial charge in [0.25, 0.3) is 0 Å². The highest BCUT2D eigenvalue weighted by atomic mass is 16.7. The fourth-order valence-electron chi connectivity index (χ4n) is 6.85. The van der Waals surface area contributed by atoms with Gasteiger partial charge in [-0.15, -0.1) is 0 Å².